The third-order valence-electron chi connectivity index (χ3n) is 1.68. The maximum absolute atomic E-state index is 11.2. The molecule has 0 amide bonds. The first-order valence-corrected chi connectivity index (χ1v) is 4.16. The summed E-state index contributed by atoms with van der Waals surface area (Å²) in [6.07, 6.45) is 0.154. The van der Waals surface area contributed by atoms with Crippen molar-refractivity contribution in [2.45, 2.75) is 19.8 Å². The van der Waals surface area contributed by atoms with Gasteiger partial charge in [0.15, 0.2) is 11.7 Å². The molecule has 1 aliphatic rings. The van der Waals surface area contributed by atoms with Gasteiger partial charge < -0.3 is 5.11 Å². The number of hydrogen-bond donors (Lipinski definition) is 1. The molecule has 1 N–H and O–H groups in total. The summed E-state index contributed by atoms with van der Waals surface area (Å²) in [7, 11) is 0. The molecule has 0 aromatic rings. The third-order valence-corrected chi connectivity index (χ3v) is 1.87. The van der Waals surface area contributed by atoms with Gasteiger partial charge in [0.1, 0.15) is 0 Å². The van der Waals surface area contributed by atoms with Gasteiger partial charge in [-0.2, -0.15) is 0 Å². The minimum absolute atomic E-state index is 0.0954. The number of allylic oxidation sites excluding steroid dienone is 2. The van der Waals surface area contributed by atoms with E-state index >= 15 is 0 Å². The Morgan fingerprint density at radius 2 is 2.31 bits per heavy atom. The standard InChI is InChI=1S/C8H8ClNO3/c1-2-4-7(8(9)13)5(11)3-6(12)10-4/h2-3H2,1H3,(H,10,12). The van der Waals surface area contributed by atoms with Crippen molar-refractivity contribution in [2.24, 2.45) is 4.99 Å². The molecule has 0 atom stereocenters. The average molecular weight is 202 g/mol. The van der Waals surface area contributed by atoms with E-state index in [1.165, 1.54) is 0 Å². The number of Topliss-reactive ketones (excluding diaryl/α,β-unsaturated/α-hetero) is 1. The molecule has 0 aromatic carbocycles. The van der Waals surface area contributed by atoms with Crippen molar-refractivity contribution in [3.8, 4) is 0 Å². The maximum Gasteiger partial charge on any atom is 0.257 e. The van der Waals surface area contributed by atoms with Crippen LogP contribution in [-0.4, -0.2) is 22.0 Å². The lowest BCUT2D eigenvalue weighted by atomic mass is 10.0. The van der Waals surface area contributed by atoms with Crippen molar-refractivity contribution in [2.75, 3.05) is 0 Å². The first-order chi connectivity index (χ1) is 6.06. The van der Waals surface area contributed by atoms with E-state index in [4.69, 9.17) is 16.7 Å². The fraction of sp³-hybridized carbons (Fsp3) is 0.375. The van der Waals surface area contributed by atoms with E-state index in [0.29, 0.717) is 6.42 Å². The number of rotatable bonds is 2. The van der Waals surface area contributed by atoms with E-state index in [1.807, 2.05) is 0 Å². The minimum atomic E-state index is -0.807. The Kier molecular flexibility index (Phi) is 2.83. The lowest BCUT2D eigenvalue weighted by Crippen LogP contribution is -2.20. The summed E-state index contributed by atoms with van der Waals surface area (Å²) in [5, 5.41) is 8.21. The van der Waals surface area contributed by atoms with Gasteiger partial charge in [-0.3, -0.25) is 9.59 Å². The molecule has 13 heavy (non-hydrogen) atoms. The lowest BCUT2D eigenvalue weighted by molar-refractivity contribution is -0.118. The van der Waals surface area contributed by atoms with Crippen molar-refractivity contribution in [1.82, 2.24) is 0 Å². The summed E-state index contributed by atoms with van der Waals surface area (Å²) in [5.41, 5.74) is 0.163. The van der Waals surface area contributed by atoms with Gasteiger partial charge in [0.25, 0.3) is 5.24 Å². The summed E-state index contributed by atoms with van der Waals surface area (Å²) in [4.78, 5) is 25.7. The highest BCUT2D eigenvalue weighted by Crippen LogP contribution is 2.20. The van der Waals surface area contributed by atoms with Crippen LogP contribution < -0.4 is 0 Å². The zero-order valence-corrected chi connectivity index (χ0v) is 7.76. The number of halogens is 1. The van der Waals surface area contributed by atoms with Gasteiger partial charge in [0.05, 0.1) is 17.7 Å². The number of carbonyl (C=O) groups excluding carboxylic acids is 2. The Balaban J connectivity index is 3.20. The van der Waals surface area contributed by atoms with Crippen LogP contribution in [0.25, 0.3) is 0 Å². The van der Waals surface area contributed by atoms with Crippen LogP contribution in [0.15, 0.2) is 16.3 Å². The largest absolute Gasteiger partial charge is 0.496 e. The average Bonchev–Trinajstić information content (AvgIpc) is 2.01. The molecule has 0 aromatic heterocycles. The molecule has 70 valence electrons. The number of ketones is 1. The predicted octanol–water partition coefficient (Wildman–Crippen LogP) is 1.35. The highest BCUT2D eigenvalue weighted by atomic mass is 35.5. The Hall–Kier alpha value is -1.16. The van der Waals surface area contributed by atoms with Crippen LogP contribution in [-0.2, 0) is 9.59 Å². The number of aliphatic hydroxyl groups is 1. The van der Waals surface area contributed by atoms with Crippen LogP contribution in [0.5, 0.6) is 0 Å². The molecule has 5 heteroatoms. The normalized spacial score (nSPS) is 17.4. The van der Waals surface area contributed by atoms with Crippen molar-refractivity contribution in [3.63, 3.8) is 0 Å². The molecule has 0 saturated heterocycles. The zero-order valence-electron chi connectivity index (χ0n) is 7.00. The van der Waals surface area contributed by atoms with E-state index in [0.717, 1.165) is 0 Å². The first-order valence-electron chi connectivity index (χ1n) is 3.79. The molecule has 0 radical (unpaired) electrons. The number of aliphatic imine (C=N–C) groups is 1. The van der Waals surface area contributed by atoms with E-state index in [2.05, 4.69) is 4.99 Å². The highest BCUT2D eigenvalue weighted by Gasteiger charge is 2.26. The van der Waals surface area contributed by atoms with Crippen molar-refractivity contribution in [1.29, 1.82) is 0 Å². The van der Waals surface area contributed by atoms with Gasteiger partial charge in [-0.25, -0.2) is 4.99 Å². The van der Waals surface area contributed by atoms with Crippen LogP contribution in [0, 0.1) is 0 Å². The SMILES string of the molecule is CCC1=C(C(=O)Cl)C(=O)CC(O)=N1. The van der Waals surface area contributed by atoms with Crippen LogP contribution in [0.2, 0.25) is 0 Å². The summed E-state index contributed by atoms with van der Waals surface area (Å²) in [5.74, 6) is -0.729. The number of aliphatic hydroxyl groups excluding tert-OH is 1. The second kappa shape index (κ2) is 3.70. The van der Waals surface area contributed by atoms with Gasteiger partial charge in [0.2, 0.25) is 0 Å². The van der Waals surface area contributed by atoms with Gasteiger partial charge in [-0.1, -0.05) is 6.92 Å². The van der Waals surface area contributed by atoms with E-state index in [9.17, 15) is 9.59 Å². The maximum atomic E-state index is 11.2. The number of carbonyl (C=O) groups is 2. The summed E-state index contributed by atoms with van der Waals surface area (Å²) in [6.45, 7) is 1.73. The molecule has 0 aliphatic carbocycles. The van der Waals surface area contributed by atoms with Crippen LogP contribution in [0.4, 0.5) is 0 Å². The molecule has 0 bridgehead atoms. The number of nitrogens with zero attached hydrogens (tertiary/aromatic N) is 1. The van der Waals surface area contributed by atoms with E-state index in [1.54, 1.807) is 6.92 Å². The summed E-state index contributed by atoms with van der Waals surface area (Å²) >= 11 is 5.20. The molecule has 4 nitrogen and oxygen atoms in total. The summed E-state index contributed by atoms with van der Waals surface area (Å²) in [6, 6.07) is 0. The summed E-state index contributed by atoms with van der Waals surface area (Å²) < 4.78 is 0. The predicted molar refractivity (Wildman–Crippen MR) is 47.9 cm³/mol. The first kappa shape index (κ1) is 9.92. The van der Waals surface area contributed by atoms with Crippen LogP contribution >= 0.6 is 11.6 Å². The van der Waals surface area contributed by atoms with Crippen molar-refractivity contribution >= 4 is 28.5 Å². The molecule has 1 aliphatic heterocycles. The Morgan fingerprint density at radius 3 is 2.77 bits per heavy atom. The Morgan fingerprint density at radius 1 is 1.69 bits per heavy atom. The highest BCUT2D eigenvalue weighted by molar-refractivity contribution is 6.71. The zero-order chi connectivity index (χ0) is 10.0. The molecule has 1 rings (SSSR count). The third kappa shape index (κ3) is 1.95. The van der Waals surface area contributed by atoms with Crippen LogP contribution in [0.3, 0.4) is 0 Å². The topological polar surface area (TPSA) is 66.7 Å². The molecule has 0 unspecified atom stereocenters. The van der Waals surface area contributed by atoms with Gasteiger partial charge in [0, 0.05) is 0 Å². The van der Waals surface area contributed by atoms with Gasteiger partial charge in [-0.15, -0.1) is 0 Å². The molecule has 0 spiro atoms. The van der Waals surface area contributed by atoms with Crippen molar-refractivity contribution < 1.29 is 14.7 Å². The molecule has 0 saturated carbocycles. The quantitative estimate of drug-likeness (QED) is 0.542. The smallest absolute Gasteiger partial charge is 0.257 e. The van der Waals surface area contributed by atoms with Gasteiger partial charge >= 0.3 is 0 Å². The van der Waals surface area contributed by atoms with Crippen LogP contribution in [0.1, 0.15) is 19.8 Å². The lowest BCUT2D eigenvalue weighted by Gasteiger charge is -2.11. The van der Waals surface area contributed by atoms with E-state index < -0.39 is 11.0 Å². The Bertz CT molecular complexity index is 330. The molecule has 1 heterocycles. The molecular formula is C8H8ClNO3. The minimum Gasteiger partial charge on any atom is -0.496 e. The number of hydrogen-bond acceptors (Lipinski definition) is 3. The fourth-order valence-electron chi connectivity index (χ4n) is 1.12. The van der Waals surface area contributed by atoms with Crippen molar-refractivity contribution in [3.05, 3.63) is 11.3 Å². The Labute approximate surface area is 79.9 Å². The van der Waals surface area contributed by atoms with Gasteiger partial charge in [-0.05, 0) is 18.0 Å². The second-order valence-corrected chi connectivity index (χ2v) is 2.92. The fourth-order valence-corrected chi connectivity index (χ4v) is 1.34. The molecule has 0 fully saturated rings. The van der Waals surface area contributed by atoms with E-state index in [-0.39, 0.29) is 23.6 Å². The molecular weight excluding hydrogens is 194 g/mol. The second-order valence-electron chi connectivity index (χ2n) is 2.58. The monoisotopic (exact) mass is 201 g/mol.